The summed E-state index contributed by atoms with van der Waals surface area (Å²) in [5.74, 6) is -1.07. The highest BCUT2D eigenvalue weighted by molar-refractivity contribution is 7.99. The van der Waals surface area contributed by atoms with Crippen LogP contribution in [0.2, 0.25) is 0 Å². The highest BCUT2D eigenvalue weighted by Gasteiger charge is 2.49. The Kier molecular flexibility index (Phi) is 8.29. The maximum absolute atomic E-state index is 14.6. The van der Waals surface area contributed by atoms with Crippen LogP contribution in [0.15, 0.2) is 119 Å². The number of carbonyl (C=O) groups excluding carboxylic acids is 2. The van der Waals surface area contributed by atoms with Gasteiger partial charge in [0.05, 0.1) is 16.8 Å². The number of nitrogens with zero attached hydrogens (tertiary/aromatic N) is 3. The molecule has 0 spiro atoms. The number of anilines is 2. The number of fused-ring (bicyclic) bond motifs is 2. The molecular weight excluding hydrogens is 570 g/mol. The van der Waals surface area contributed by atoms with E-state index in [4.69, 9.17) is 0 Å². The number of hydrogen-bond donors (Lipinski definition) is 1. The standard InChI is InChI=1S/C36H35N3O4S/c1-3-28-22-37(35(43)39-29-18-10-12-20-31(29)44-32-21-13-11-19-30(32)39)33(34(41)42)25(2)38(28)23-36(24-40,26-14-6-4-7-15-26)27-16-8-5-9-17-27/h4-21,24-25,28,33H,3,22-23H2,1-2H3,(H,41,42)/t25?,28-,33-/m0/s1. The van der Waals surface area contributed by atoms with Gasteiger partial charge >= 0.3 is 12.0 Å². The van der Waals surface area contributed by atoms with Crippen molar-refractivity contribution < 1.29 is 19.5 Å². The predicted molar refractivity (Wildman–Crippen MR) is 173 cm³/mol. The molecule has 0 aliphatic carbocycles. The Labute approximate surface area is 262 Å². The Hall–Kier alpha value is -4.40. The molecule has 7 nitrogen and oxygen atoms in total. The lowest BCUT2D eigenvalue weighted by molar-refractivity contribution is -0.148. The Bertz CT molecular complexity index is 1580. The minimum Gasteiger partial charge on any atom is -0.480 e. The summed E-state index contributed by atoms with van der Waals surface area (Å²) in [6.45, 7) is 4.40. The lowest BCUT2D eigenvalue weighted by atomic mass is 9.74. The van der Waals surface area contributed by atoms with Crippen molar-refractivity contribution in [3.63, 3.8) is 0 Å². The van der Waals surface area contributed by atoms with Gasteiger partial charge in [0.2, 0.25) is 0 Å². The van der Waals surface area contributed by atoms with Gasteiger partial charge in [-0.25, -0.2) is 9.59 Å². The fraction of sp³-hybridized carbons (Fsp3) is 0.250. The molecule has 0 saturated carbocycles. The van der Waals surface area contributed by atoms with Crippen LogP contribution in [-0.4, -0.2) is 64.4 Å². The van der Waals surface area contributed by atoms with Crippen LogP contribution in [0.1, 0.15) is 31.4 Å². The smallest absolute Gasteiger partial charge is 0.330 e. The average Bonchev–Trinajstić information content (AvgIpc) is 3.06. The minimum atomic E-state index is -1.13. The van der Waals surface area contributed by atoms with Gasteiger partial charge in [-0.1, -0.05) is 104 Å². The van der Waals surface area contributed by atoms with Crippen LogP contribution in [-0.2, 0) is 15.0 Å². The van der Waals surface area contributed by atoms with Gasteiger partial charge in [-0.2, -0.15) is 0 Å². The number of para-hydroxylation sites is 2. The zero-order valence-corrected chi connectivity index (χ0v) is 25.6. The molecule has 1 saturated heterocycles. The molecule has 4 aromatic carbocycles. The van der Waals surface area contributed by atoms with E-state index in [1.54, 1.807) is 16.7 Å². The molecule has 2 aliphatic rings. The second-order valence-corrected chi connectivity index (χ2v) is 12.5. The first-order valence-electron chi connectivity index (χ1n) is 14.9. The van der Waals surface area contributed by atoms with Gasteiger partial charge < -0.3 is 14.8 Å². The first-order chi connectivity index (χ1) is 21.4. The van der Waals surface area contributed by atoms with Crippen LogP contribution in [0.3, 0.4) is 0 Å². The first kappa shape index (κ1) is 29.7. The Morgan fingerprint density at radius 1 is 0.841 bits per heavy atom. The van der Waals surface area contributed by atoms with E-state index in [2.05, 4.69) is 4.90 Å². The van der Waals surface area contributed by atoms with Crippen LogP contribution in [0.25, 0.3) is 0 Å². The molecule has 0 aromatic heterocycles. The van der Waals surface area contributed by atoms with Gasteiger partial charge in [0.15, 0.2) is 0 Å². The molecule has 1 unspecified atom stereocenters. The molecule has 1 N–H and O–H groups in total. The number of aliphatic carboxylic acids is 1. The average molecular weight is 606 g/mol. The number of rotatable bonds is 7. The molecule has 1 fully saturated rings. The largest absolute Gasteiger partial charge is 0.480 e. The summed E-state index contributed by atoms with van der Waals surface area (Å²) in [6.07, 6.45) is 1.66. The third-order valence-electron chi connectivity index (χ3n) is 9.00. The lowest BCUT2D eigenvalue weighted by Crippen LogP contribution is -2.69. The van der Waals surface area contributed by atoms with E-state index in [9.17, 15) is 19.5 Å². The second-order valence-electron chi connectivity index (χ2n) is 11.4. The van der Waals surface area contributed by atoms with Crippen LogP contribution in [0.4, 0.5) is 16.2 Å². The van der Waals surface area contributed by atoms with Gasteiger partial charge in [-0.3, -0.25) is 9.80 Å². The highest BCUT2D eigenvalue weighted by atomic mass is 32.2. The number of carbonyl (C=O) groups is 3. The minimum absolute atomic E-state index is 0.180. The molecule has 0 radical (unpaired) electrons. The van der Waals surface area contributed by atoms with E-state index >= 15 is 0 Å². The summed E-state index contributed by atoms with van der Waals surface area (Å²) < 4.78 is 0. The maximum Gasteiger partial charge on any atom is 0.330 e. The van der Waals surface area contributed by atoms with E-state index in [1.165, 1.54) is 4.90 Å². The van der Waals surface area contributed by atoms with Crippen molar-refractivity contribution in [2.75, 3.05) is 18.0 Å². The number of piperazine rings is 1. The quantitative estimate of drug-likeness (QED) is 0.233. The molecule has 224 valence electrons. The van der Waals surface area contributed by atoms with Crippen LogP contribution < -0.4 is 4.90 Å². The van der Waals surface area contributed by atoms with Crippen molar-refractivity contribution in [3.8, 4) is 0 Å². The van der Waals surface area contributed by atoms with Crippen molar-refractivity contribution >= 4 is 41.4 Å². The summed E-state index contributed by atoms with van der Waals surface area (Å²) in [5, 5.41) is 10.7. The number of hydrogen-bond acceptors (Lipinski definition) is 5. The van der Waals surface area contributed by atoms with Gasteiger partial charge in [0.1, 0.15) is 12.3 Å². The molecule has 0 bridgehead atoms. The summed E-state index contributed by atoms with van der Waals surface area (Å²) >= 11 is 1.60. The van der Waals surface area contributed by atoms with Crippen LogP contribution in [0, 0.1) is 0 Å². The van der Waals surface area contributed by atoms with E-state index in [1.807, 2.05) is 123 Å². The Morgan fingerprint density at radius 2 is 1.34 bits per heavy atom. The number of carboxylic acid groups (broad SMARTS) is 1. The van der Waals surface area contributed by atoms with Gasteiger partial charge in [0.25, 0.3) is 0 Å². The molecule has 8 heteroatoms. The summed E-state index contributed by atoms with van der Waals surface area (Å²) in [6, 6.07) is 32.5. The summed E-state index contributed by atoms with van der Waals surface area (Å²) in [4.78, 5) is 48.1. The van der Waals surface area contributed by atoms with Crippen molar-refractivity contribution in [2.45, 2.75) is 53.6 Å². The molecular formula is C36H35N3O4S. The first-order valence-corrected chi connectivity index (χ1v) is 15.7. The van der Waals surface area contributed by atoms with Crippen molar-refractivity contribution in [2.24, 2.45) is 0 Å². The van der Waals surface area contributed by atoms with E-state index < -0.39 is 23.5 Å². The van der Waals surface area contributed by atoms with Crippen molar-refractivity contribution in [1.29, 1.82) is 0 Å². The van der Waals surface area contributed by atoms with E-state index in [0.717, 1.165) is 38.6 Å². The third-order valence-corrected chi connectivity index (χ3v) is 10.1. The normalized spacial score (nSPS) is 20.0. The SMILES string of the molecule is CC[C@H]1CN(C(=O)N2c3ccccc3Sc3ccccc32)[C@H](C(=O)O)C(C)N1CC(C=O)(c1ccccc1)c1ccccc1. The number of benzene rings is 4. The lowest BCUT2D eigenvalue weighted by Gasteiger charge is -2.52. The fourth-order valence-corrected chi connectivity index (χ4v) is 7.77. The number of carboxylic acids is 1. The zero-order chi connectivity index (χ0) is 30.8. The number of urea groups is 1. The second kappa shape index (κ2) is 12.3. The highest BCUT2D eigenvalue weighted by Crippen LogP contribution is 2.48. The van der Waals surface area contributed by atoms with Crippen LogP contribution in [0.5, 0.6) is 0 Å². The summed E-state index contributed by atoms with van der Waals surface area (Å²) in [7, 11) is 0. The van der Waals surface area contributed by atoms with Gasteiger partial charge in [-0.05, 0) is 48.7 Å². The topological polar surface area (TPSA) is 81.2 Å². The number of amides is 2. The zero-order valence-electron chi connectivity index (χ0n) is 24.7. The van der Waals surface area contributed by atoms with Crippen LogP contribution >= 0.6 is 11.8 Å². The fourth-order valence-electron chi connectivity index (χ4n) is 6.71. The summed E-state index contributed by atoms with van der Waals surface area (Å²) in [5.41, 5.74) is 2.13. The molecule has 6 rings (SSSR count). The Morgan fingerprint density at radius 3 is 1.82 bits per heavy atom. The predicted octanol–water partition coefficient (Wildman–Crippen LogP) is 6.83. The monoisotopic (exact) mass is 605 g/mol. The van der Waals surface area contributed by atoms with E-state index in [-0.39, 0.29) is 25.2 Å². The van der Waals surface area contributed by atoms with Crippen molar-refractivity contribution in [3.05, 3.63) is 120 Å². The van der Waals surface area contributed by atoms with Crippen molar-refractivity contribution in [1.82, 2.24) is 9.80 Å². The third kappa shape index (κ3) is 5.08. The Balaban J connectivity index is 1.40. The van der Waals surface area contributed by atoms with Gasteiger partial charge in [0, 0.05) is 35.0 Å². The maximum atomic E-state index is 14.6. The molecule has 44 heavy (non-hydrogen) atoms. The molecule has 2 amide bonds. The molecule has 2 heterocycles. The molecule has 3 atom stereocenters. The number of aldehydes is 1. The van der Waals surface area contributed by atoms with E-state index in [0.29, 0.717) is 6.42 Å². The molecule has 4 aromatic rings. The molecule has 2 aliphatic heterocycles. The van der Waals surface area contributed by atoms with Gasteiger partial charge in [-0.15, -0.1) is 0 Å².